The molecular weight excluding hydrogens is 222 g/mol. The van der Waals surface area contributed by atoms with Gasteiger partial charge in [0, 0.05) is 5.92 Å². The zero-order chi connectivity index (χ0) is 12.1. The van der Waals surface area contributed by atoms with Crippen LogP contribution in [0.25, 0.3) is 0 Å². The lowest BCUT2D eigenvalue weighted by molar-refractivity contribution is -0.137. The Balaban J connectivity index is 2.84. The summed E-state index contributed by atoms with van der Waals surface area (Å²) < 4.78 is 5.07. The molecule has 0 saturated heterocycles. The van der Waals surface area contributed by atoms with E-state index in [-0.39, 0.29) is 5.97 Å². The number of rotatable bonds is 4. The number of thioether (sulfide) groups is 1. The first-order valence-corrected chi connectivity index (χ1v) is 6.53. The highest BCUT2D eigenvalue weighted by Crippen LogP contribution is 2.31. The van der Waals surface area contributed by atoms with Gasteiger partial charge in [-0.1, -0.05) is 32.5 Å². The molecule has 0 saturated carbocycles. The summed E-state index contributed by atoms with van der Waals surface area (Å²) in [5.74, 6) is 0.172. The van der Waals surface area contributed by atoms with Crippen LogP contribution in [0.2, 0.25) is 0 Å². The molecule has 1 rings (SSSR count). The normalized spacial score (nSPS) is 16.4. The van der Waals surface area contributed by atoms with Crippen molar-refractivity contribution in [2.75, 3.05) is 13.2 Å². The molecule has 90 valence electrons. The third-order valence-corrected chi connectivity index (χ3v) is 3.80. The molecule has 0 aromatic heterocycles. The van der Waals surface area contributed by atoms with Crippen LogP contribution in [0.4, 0.5) is 0 Å². The first-order valence-electron chi connectivity index (χ1n) is 5.71. The third kappa shape index (κ3) is 3.11. The Morgan fingerprint density at radius 3 is 2.69 bits per heavy atom. The van der Waals surface area contributed by atoms with E-state index in [0.717, 1.165) is 21.9 Å². The van der Waals surface area contributed by atoms with Crippen LogP contribution >= 0.6 is 11.8 Å². The van der Waals surface area contributed by atoms with Crippen molar-refractivity contribution in [3.8, 4) is 0 Å². The van der Waals surface area contributed by atoms with E-state index in [1.807, 2.05) is 13.8 Å². The second-order valence-corrected chi connectivity index (χ2v) is 4.95. The molecule has 0 unspecified atom stereocenters. The minimum Gasteiger partial charge on any atom is -0.462 e. The van der Waals surface area contributed by atoms with Gasteiger partial charge in [-0.3, -0.25) is 4.99 Å². The number of ether oxygens (including phenoxy) is 1. The molecular formula is C12H19NO2S. The van der Waals surface area contributed by atoms with Crippen LogP contribution in [-0.4, -0.2) is 24.2 Å². The summed E-state index contributed by atoms with van der Waals surface area (Å²) in [6, 6.07) is 0. The summed E-state index contributed by atoms with van der Waals surface area (Å²) in [6.45, 7) is 9.12. The van der Waals surface area contributed by atoms with Crippen molar-refractivity contribution >= 4 is 22.8 Å². The molecule has 0 N–H and O–H groups in total. The Kier molecular flexibility index (Phi) is 5.06. The molecule has 0 atom stereocenters. The van der Waals surface area contributed by atoms with Crippen LogP contribution in [-0.2, 0) is 9.53 Å². The van der Waals surface area contributed by atoms with Crippen LogP contribution in [0.5, 0.6) is 0 Å². The fraction of sp³-hybridized carbons (Fsp3) is 0.667. The Labute approximate surface area is 101 Å². The van der Waals surface area contributed by atoms with E-state index < -0.39 is 0 Å². The minimum atomic E-state index is -0.197. The maximum Gasteiger partial charge on any atom is 0.345 e. The van der Waals surface area contributed by atoms with Gasteiger partial charge in [-0.25, -0.2) is 4.79 Å². The Bertz CT molecular complexity index is 332. The summed E-state index contributed by atoms with van der Waals surface area (Å²) in [4.78, 5) is 17.0. The van der Waals surface area contributed by atoms with Crippen LogP contribution in [0.3, 0.4) is 0 Å². The number of aliphatic imine (C=N–C) groups is 1. The van der Waals surface area contributed by atoms with Gasteiger partial charge in [-0.15, -0.1) is 0 Å². The molecule has 0 amide bonds. The van der Waals surface area contributed by atoms with Gasteiger partial charge in [0.2, 0.25) is 0 Å². The van der Waals surface area contributed by atoms with Crippen molar-refractivity contribution < 1.29 is 9.53 Å². The van der Waals surface area contributed by atoms with Gasteiger partial charge in [0.1, 0.15) is 0 Å². The van der Waals surface area contributed by atoms with Crippen LogP contribution in [0.15, 0.2) is 15.5 Å². The van der Waals surface area contributed by atoms with Crippen LogP contribution in [0.1, 0.15) is 34.1 Å². The Morgan fingerprint density at radius 1 is 1.50 bits per heavy atom. The van der Waals surface area contributed by atoms with E-state index in [9.17, 15) is 4.79 Å². The molecule has 16 heavy (non-hydrogen) atoms. The minimum absolute atomic E-state index is 0.197. The molecule has 0 aliphatic carbocycles. The smallest absolute Gasteiger partial charge is 0.345 e. The number of nitrogens with zero attached hydrogens (tertiary/aromatic N) is 1. The van der Waals surface area contributed by atoms with Gasteiger partial charge >= 0.3 is 5.97 Å². The number of hydrogen-bond acceptors (Lipinski definition) is 4. The van der Waals surface area contributed by atoms with Crippen molar-refractivity contribution in [3.05, 3.63) is 10.5 Å². The average Bonchev–Trinajstić information content (AvgIpc) is 2.28. The fourth-order valence-corrected chi connectivity index (χ4v) is 2.48. The first kappa shape index (κ1) is 13.3. The van der Waals surface area contributed by atoms with Gasteiger partial charge in [0.25, 0.3) is 0 Å². The summed E-state index contributed by atoms with van der Waals surface area (Å²) in [6.07, 6.45) is 0.857. The molecule has 0 bridgehead atoms. The molecule has 1 aliphatic rings. The van der Waals surface area contributed by atoms with E-state index >= 15 is 0 Å². The van der Waals surface area contributed by atoms with E-state index in [4.69, 9.17) is 4.74 Å². The Hall–Kier alpha value is -0.770. The highest BCUT2D eigenvalue weighted by molar-refractivity contribution is 8.18. The standard InChI is InChI=1S/C12H19NO2S/c1-5-9-7-13-11(8(3)4)16-10(9)12(14)15-6-2/h8H,5-7H2,1-4H3. The summed E-state index contributed by atoms with van der Waals surface area (Å²) in [5, 5.41) is 1.03. The molecule has 1 heterocycles. The molecule has 4 heteroatoms. The maximum absolute atomic E-state index is 11.8. The van der Waals surface area contributed by atoms with E-state index in [0.29, 0.717) is 19.1 Å². The van der Waals surface area contributed by atoms with E-state index in [1.165, 1.54) is 11.8 Å². The number of carbonyl (C=O) groups excluding carboxylic acids is 1. The molecule has 1 aliphatic heterocycles. The van der Waals surface area contributed by atoms with Crippen molar-refractivity contribution in [2.45, 2.75) is 34.1 Å². The van der Waals surface area contributed by atoms with E-state index in [2.05, 4.69) is 18.8 Å². The van der Waals surface area contributed by atoms with E-state index in [1.54, 1.807) is 0 Å². The molecule has 0 aromatic carbocycles. The second kappa shape index (κ2) is 6.09. The third-order valence-electron chi connectivity index (χ3n) is 2.34. The number of hydrogen-bond donors (Lipinski definition) is 0. The molecule has 0 fully saturated rings. The van der Waals surface area contributed by atoms with Gasteiger partial charge in [-0.05, 0) is 18.9 Å². The maximum atomic E-state index is 11.8. The largest absolute Gasteiger partial charge is 0.462 e. The second-order valence-electron chi connectivity index (χ2n) is 3.92. The summed E-state index contributed by atoms with van der Waals surface area (Å²) in [5.41, 5.74) is 1.09. The molecule has 0 radical (unpaired) electrons. The van der Waals surface area contributed by atoms with Crippen molar-refractivity contribution in [3.63, 3.8) is 0 Å². The molecule has 0 aromatic rings. The molecule has 0 spiro atoms. The lowest BCUT2D eigenvalue weighted by Crippen LogP contribution is -2.17. The predicted molar refractivity (Wildman–Crippen MR) is 68.7 cm³/mol. The number of esters is 1. The van der Waals surface area contributed by atoms with Gasteiger partial charge in [0.05, 0.1) is 23.1 Å². The monoisotopic (exact) mass is 241 g/mol. The lowest BCUT2D eigenvalue weighted by Gasteiger charge is -2.19. The zero-order valence-electron chi connectivity index (χ0n) is 10.4. The summed E-state index contributed by atoms with van der Waals surface area (Å²) in [7, 11) is 0. The van der Waals surface area contributed by atoms with Crippen LogP contribution < -0.4 is 0 Å². The fourth-order valence-electron chi connectivity index (χ4n) is 1.41. The quantitative estimate of drug-likeness (QED) is 0.710. The topological polar surface area (TPSA) is 38.7 Å². The SMILES string of the molecule is CCOC(=O)C1=C(CC)CN=C(C(C)C)S1. The first-order chi connectivity index (χ1) is 7.60. The highest BCUT2D eigenvalue weighted by atomic mass is 32.2. The highest BCUT2D eigenvalue weighted by Gasteiger charge is 2.23. The molecule has 3 nitrogen and oxygen atoms in total. The van der Waals surface area contributed by atoms with Crippen molar-refractivity contribution in [1.29, 1.82) is 0 Å². The van der Waals surface area contributed by atoms with Gasteiger partial charge in [-0.2, -0.15) is 0 Å². The predicted octanol–water partition coefficient (Wildman–Crippen LogP) is 3.01. The Morgan fingerprint density at radius 2 is 2.19 bits per heavy atom. The average molecular weight is 241 g/mol. The summed E-state index contributed by atoms with van der Waals surface area (Å²) >= 11 is 1.48. The van der Waals surface area contributed by atoms with Crippen LogP contribution in [0, 0.1) is 5.92 Å². The van der Waals surface area contributed by atoms with Crippen molar-refractivity contribution in [1.82, 2.24) is 0 Å². The lowest BCUT2D eigenvalue weighted by atomic mass is 10.2. The van der Waals surface area contributed by atoms with Gasteiger partial charge in [0.15, 0.2) is 0 Å². The zero-order valence-corrected chi connectivity index (χ0v) is 11.2. The van der Waals surface area contributed by atoms with Crippen molar-refractivity contribution in [2.24, 2.45) is 10.9 Å². The number of carbonyl (C=O) groups is 1. The van der Waals surface area contributed by atoms with Gasteiger partial charge < -0.3 is 4.74 Å².